The lowest BCUT2D eigenvalue weighted by Gasteiger charge is -2.08. The van der Waals surface area contributed by atoms with E-state index in [0.29, 0.717) is 17.3 Å². The van der Waals surface area contributed by atoms with Gasteiger partial charge in [0, 0.05) is 24.9 Å². The number of para-hydroxylation sites is 1. The number of benzene rings is 1. The van der Waals surface area contributed by atoms with Gasteiger partial charge >= 0.3 is 5.69 Å². The summed E-state index contributed by atoms with van der Waals surface area (Å²) >= 11 is 0. The minimum atomic E-state index is -0.800. The van der Waals surface area contributed by atoms with E-state index in [0.717, 1.165) is 6.07 Å². The van der Waals surface area contributed by atoms with Gasteiger partial charge in [-0.25, -0.2) is 14.4 Å². The van der Waals surface area contributed by atoms with Crippen molar-refractivity contribution in [2.75, 3.05) is 12.4 Å². The van der Waals surface area contributed by atoms with Crippen LogP contribution in [0.25, 0.3) is 0 Å². The van der Waals surface area contributed by atoms with Gasteiger partial charge in [0.1, 0.15) is 12.4 Å². The molecule has 0 spiro atoms. The SMILES string of the molecule is CNc1cc(C)nc(COc2c(F)cccc2[N+](=O)[O-])n1. The fourth-order valence-corrected chi connectivity index (χ4v) is 1.74. The molecule has 0 saturated heterocycles. The Balaban J connectivity index is 2.24. The fraction of sp³-hybridized carbons (Fsp3) is 0.231. The van der Waals surface area contributed by atoms with Gasteiger partial charge in [-0.3, -0.25) is 10.1 Å². The Labute approximate surface area is 120 Å². The Kier molecular flexibility index (Phi) is 4.27. The lowest BCUT2D eigenvalue weighted by molar-refractivity contribution is -0.386. The monoisotopic (exact) mass is 292 g/mol. The van der Waals surface area contributed by atoms with Gasteiger partial charge in [0.05, 0.1) is 4.92 Å². The van der Waals surface area contributed by atoms with Gasteiger partial charge in [0.15, 0.2) is 11.6 Å². The molecule has 0 saturated carbocycles. The quantitative estimate of drug-likeness (QED) is 0.672. The van der Waals surface area contributed by atoms with Crippen LogP contribution in [0.5, 0.6) is 5.75 Å². The zero-order chi connectivity index (χ0) is 15.4. The number of halogens is 1. The van der Waals surface area contributed by atoms with Crippen LogP contribution in [-0.2, 0) is 6.61 Å². The van der Waals surface area contributed by atoms with E-state index in [4.69, 9.17) is 4.74 Å². The highest BCUT2D eigenvalue weighted by atomic mass is 19.1. The number of nitrogens with zero attached hydrogens (tertiary/aromatic N) is 3. The predicted octanol–water partition coefficient (Wildman–Crippen LogP) is 2.45. The van der Waals surface area contributed by atoms with E-state index < -0.39 is 22.2 Å². The molecule has 1 aromatic heterocycles. The molecule has 0 bridgehead atoms. The highest BCUT2D eigenvalue weighted by Crippen LogP contribution is 2.30. The van der Waals surface area contributed by atoms with Crippen molar-refractivity contribution in [3.63, 3.8) is 0 Å². The second-order valence-electron chi connectivity index (χ2n) is 4.19. The Morgan fingerprint density at radius 2 is 2.19 bits per heavy atom. The molecule has 0 aliphatic carbocycles. The smallest absolute Gasteiger partial charge is 0.314 e. The summed E-state index contributed by atoms with van der Waals surface area (Å²) in [6.45, 7) is 1.61. The molecular weight excluding hydrogens is 279 g/mol. The minimum absolute atomic E-state index is 0.169. The second kappa shape index (κ2) is 6.12. The third kappa shape index (κ3) is 3.41. The molecule has 0 unspecified atom stereocenters. The maximum absolute atomic E-state index is 13.7. The van der Waals surface area contributed by atoms with Crippen LogP contribution in [0.3, 0.4) is 0 Å². The molecule has 2 aromatic rings. The Morgan fingerprint density at radius 1 is 1.43 bits per heavy atom. The number of aromatic nitrogens is 2. The third-order valence-corrected chi connectivity index (χ3v) is 2.65. The van der Waals surface area contributed by atoms with Crippen molar-refractivity contribution in [2.24, 2.45) is 0 Å². The number of nitro groups is 1. The van der Waals surface area contributed by atoms with E-state index in [-0.39, 0.29) is 6.61 Å². The summed E-state index contributed by atoms with van der Waals surface area (Å²) < 4.78 is 18.9. The number of aryl methyl sites for hydroxylation is 1. The summed E-state index contributed by atoms with van der Waals surface area (Å²) in [5.41, 5.74) is 0.271. The second-order valence-corrected chi connectivity index (χ2v) is 4.19. The first-order chi connectivity index (χ1) is 10.0. The number of anilines is 1. The first-order valence-electron chi connectivity index (χ1n) is 6.09. The van der Waals surface area contributed by atoms with Crippen molar-refractivity contribution in [1.82, 2.24) is 9.97 Å². The molecule has 0 fully saturated rings. The summed E-state index contributed by atoms with van der Waals surface area (Å²) in [6.07, 6.45) is 0. The summed E-state index contributed by atoms with van der Waals surface area (Å²) in [5, 5.41) is 13.7. The number of hydrogen-bond donors (Lipinski definition) is 1. The third-order valence-electron chi connectivity index (χ3n) is 2.65. The highest BCUT2D eigenvalue weighted by Gasteiger charge is 2.19. The van der Waals surface area contributed by atoms with Gasteiger partial charge < -0.3 is 10.1 Å². The van der Waals surface area contributed by atoms with Gasteiger partial charge in [-0.05, 0) is 13.0 Å². The van der Waals surface area contributed by atoms with E-state index in [2.05, 4.69) is 15.3 Å². The van der Waals surface area contributed by atoms with Crippen LogP contribution < -0.4 is 10.1 Å². The van der Waals surface area contributed by atoms with E-state index in [9.17, 15) is 14.5 Å². The van der Waals surface area contributed by atoms with Gasteiger partial charge in [-0.15, -0.1) is 0 Å². The molecular formula is C13H13FN4O3. The molecule has 0 radical (unpaired) electrons. The van der Waals surface area contributed by atoms with Crippen molar-refractivity contribution in [3.05, 3.63) is 51.7 Å². The first-order valence-corrected chi connectivity index (χ1v) is 6.09. The maximum Gasteiger partial charge on any atom is 0.314 e. The van der Waals surface area contributed by atoms with Crippen molar-refractivity contribution < 1.29 is 14.1 Å². The van der Waals surface area contributed by atoms with Crippen LogP contribution >= 0.6 is 0 Å². The van der Waals surface area contributed by atoms with Crippen LogP contribution in [-0.4, -0.2) is 21.9 Å². The molecule has 21 heavy (non-hydrogen) atoms. The molecule has 7 nitrogen and oxygen atoms in total. The molecule has 1 aromatic carbocycles. The standard InChI is InChI=1S/C13H13FN4O3/c1-8-6-11(15-2)17-12(16-8)7-21-13-9(14)4-3-5-10(13)18(19)20/h3-6H,7H2,1-2H3,(H,15,16,17). The van der Waals surface area contributed by atoms with E-state index in [1.54, 1.807) is 20.0 Å². The number of ether oxygens (including phenoxy) is 1. The lowest BCUT2D eigenvalue weighted by atomic mass is 10.3. The maximum atomic E-state index is 13.7. The summed E-state index contributed by atoms with van der Waals surface area (Å²) in [5.74, 6) is -0.328. The van der Waals surface area contributed by atoms with E-state index >= 15 is 0 Å². The highest BCUT2D eigenvalue weighted by molar-refractivity contribution is 5.47. The van der Waals surface area contributed by atoms with E-state index in [1.807, 2.05) is 0 Å². The molecule has 0 aliphatic rings. The molecule has 0 amide bonds. The van der Waals surface area contributed by atoms with Crippen molar-refractivity contribution in [2.45, 2.75) is 13.5 Å². The fourth-order valence-electron chi connectivity index (χ4n) is 1.74. The molecule has 1 N–H and O–H groups in total. The topological polar surface area (TPSA) is 90.2 Å². The van der Waals surface area contributed by atoms with Gasteiger partial charge in [-0.2, -0.15) is 0 Å². The number of rotatable bonds is 5. The average Bonchev–Trinajstić information content (AvgIpc) is 2.45. The molecule has 1 heterocycles. The van der Waals surface area contributed by atoms with Crippen LogP contribution in [0.15, 0.2) is 24.3 Å². The zero-order valence-corrected chi connectivity index (χ0v) is 11.5. The molecule has 8 heteroatoms. The first kappa shape index (κ1) is 14.6. The average molecular weight is 292 g/mol. The van der Waals surface area contributed by atoms with Crippen LogP contribution in [0, 0.1) is 22.9 Å². The number of nitro benzene ring substituents is 1. The Bertz CT molecular complexity index is 678. The van der Waals surface area contributed by atoms with Crippen molar-refractivity contribution >= 4 is 11.5 Å². The molecule has 2 rings (SSSR count). The summed E-state index contributed by atoms with van der Waals surface area (Å²) in [4.78, 5) is 18.4. The normalized spacial score (nSPS) is 10.2. The van der Waals surface area contributed by atoms with Gasteiger partial charge in [0.25, 0.3) is 0 Å². The lowest BCUT2D eigenvalue weighted by Crippen LogP contribution is -2.07. The predicted molar refractivity (Wildman–Crippen MR) is 73.7 cm³/mol. The Morgan fingerprint density at radius 3 is 2.86 bits per heavy atom. The van der Waals surface area contributed by atoms with Gasteiger partial charge in [0.2, 0.25) is 5.75 Å². The molecule has 0 aliphatic heterocycles. The summed E-state index contributed by atoms with van der Waals surface area (Å²) in [6, 6.07) is 5.25. The molecule has 0 atom stereocenters. The van der Waals surface area contributed by atoms with Crippen LogP contribution in [0.1, 0.15) is 11.5 Å². The van der Waals surface area contributed by atoms with Crippen LogP contribution in [0.2, 0.25) is 0 Å². The molecule has 110 valence electrons. The zero-order valence-electron chi connectivity index (χ0n) is 11.5. The number of nitrogens with one attached hydrogen (secondary N) is 1. The van der Waals surface area contributed by atoms with E-state index in [1.165, 1.54) is 12.1 Å². The van der Waals surface area contributed by atoms with Gasteiger partial charge in [-0.1, -0.05) is 6.07 Å². The van der Waals surface area contributed by atoms with Crippen molar-refractivity contribution in [3.8, 4) is 5.75 Å². The van der Waals surface area contributed by atoms with Crippen molar-refractivity contribution in [1.29, 1.82) is 0 Å². The Hall–Kier alpha value is -2.77. The minimum Gasteiger partial charge on any atom is -0.477 e. The van der Waals surface area contributed by atoms with Crippen LogP contribution in [0.4, 0.5) is 15.9 Å². The number of hydrogen-bond acceptors (Lipinski definition) is 6. The largest absolute Gasteiger partial charge is 0.477 e. The summed E-state index contributed by atoms with van der Waals surface area (Å²) in [7, 11) is 1.70.